The highest BCUT2D eigenvalue weighted by Gasteiger charge is 2.24. The van der Waals surface area contributed by atoms with E-state index in [1.165, 1.54) is 11.1 Å². The summed E-state index contributed by atoms with van der Waals surface area (Å²) >= 11 is 0. The molecule has 1 unspecified atom stereocenters. The topological polar surface area (TPSA) is 52.6 Å². The van der Waals surface area contributed by atoms with Crippen molar-refractivity contribution in [1.82, 2.24) is 20.5 Å². The van der Waals surface area contributed by atoms with Crippen LogP contribution in [-0.2, 0) is 6.54 Å². The van der Waals surface area contributed by atoms with Gasteiger partial charge in [-0.1, -0.05) is 54.6 Å². The van der Waals surface area contributed by atoms with E-state index in [2.05, 4.69) is 87.0 Å². The number of likely N-dealkylation sites (tertiary alicyclic amines) is 1. The Morgan fingerprint density at radius 2 is 1.81 bits per heavy atom. The number of pyridine rings is 1. The van der Waals surface area contributed by atoms with Crippen LogP contribution >= 0.6 is 0 Å². The molecular formula is C27H33N5. The molecule has 2 N–H and O–H groups in total. The van der Waals surface area contributed by atoms with Gasteiger partial charge in [-0.05, 0) is 49.1 Å². The zero-order chi connectivity index (χ0) is 22.2. The molecule has 3 aromatic rings. The maximum atomic E-state index is 4.46. The molecule has 4 rings (SSSR count). The first-order valence-corrected chi connectivity index (χ1v) is 11.5. The second-order valence-corrected chi connectivity index (χ2v) is 8.38. The highest BCUT2D eigenvalue weighted by atomic mass is 15.2. The van der Waals surface area contributed by atoms with E-state index in [4.69, 9.17) is 0 Å². The minimum Gasteiger partial charge on any atom is -0.354 e. The zero-order valence-corrected chi connectivity index (χ0v) is 19.0. The number of aliphatic imine (C=N–C) groups is 1. The number of guanidine groups is 1. The molecule has 1 aliphatic heterocycles. The average molecular weight is 428 g/mol. The third-order valence-corrected chi connectivity index (χ3v) is 6.27. The van der Waals surface area contributed by atoms with Crippen LogP contribution in [0.4, 0.5) is 0 Å². The Morgan fingerprint density at radius 3 is 2.53 bits per heavy atom. The molecule has 0 bridgehead atoms. The van der Waals surface area contributed by atoms with Gasteiger partial charge in [-0.15, -0.1) is 0 Å². The van der Waals surface area contributed by atoms with E-state index in [9.17, 15) is 0 Å². The zero-order valence-electron chi connectivity index (χ0n) is 19.0. The molecule has 0 radical (unpaired) electrons. The van der Waals surface area contributed by atoms with Gasteiger partial charge in [-0.25, -0.2) is 0 Å². The van der Waals surface area contributed by atoms with E-state index < -0.39 is 0 Å². The van der Waals surface area contributed by atoms with E-state index in [-0.39, 0.29) is 0 Å². The third kappa shape index (κ3) is 5.74. The molecule has 2 heterocycles. The SMILES string of the molecule is CN=C(NCc1cccc(-c2ccccn2)c1)NC1CCN(C(C)c2ccccc2)CC1. The largest absolute Gasteiger partial charge is 0.354 e. The van der Waals surface area contributed by atoms with Gasteiger partial charge < -0.3 is 10.6 Å². The van der Waals surface area contributed by atoms with E-state index in [0.717, 1.165) is 49.7 Å². The summed E-state index contributed by atoms with van der Waals surface area (Å²) in [6, 6.07) is 26.2. The highest BCUT2D eigenvalue weighted by molar-refractivity contribution is 5.80. The first-order chi connectivity index (χ1) is 15.7. The van der Waals surface area contributed by atoms with Crippen LogP contribution in [0.5, 0.6) is 0 Å². The molecule has 1 saturated heterocycles. The molecule has 0 amide bonds. The Labute approximate surface area is 191 Å². The summed E-state index contributed by atoms with van der Waals surface area (Å²) in [7, 11) is 1.84. The smallest absolute Gasteiger partial charge is 0.191 e. The van der Waals surface area contributed by atoms with E-state index in [1.807, 2.05) is 31.4 Å². The van der Waals surface area contributed by atoms with Crippen LogP contribution in [0.1, 0.15) is 36.9 Å². The number of nitrogens with one attached hydrogen (secondary N) is 2. The van der Waals surface area contributed by atoms with Crippen LogP contribution in [0.15, 0.2) is 84.0 Å². The number of nitrogens with zero attached hydrogens (tertiary/aromatic N) is 3. The van der Waals surface area contributed by atoms with Gasteiger partial charge in [0.15, 0.2) is 5.96 Å². The van der Waals surface area contributed by atoms with Crippen LogP contribution in [0.2, 0.25) is 0 Å². The van der Waals surface area contributed by atoms with Crippen molar-refractivity contribution in [2.45, 2.75) is 38.4 Å². The van der Waals surface area contributed by atoms with E-state index in [1.54, 1.807) is 0 Å². The second-order valence-electron chi connectivity index (χ2n) is 8.38. The highest BCUT2D eigenvalue weighted by Crippen LogP contribution is 2.24. The Hall–Kier alpha value is -3.18. The molecule has 5 heteroatoms. The van der Waals surface area contributed by atoms with Crippen molar-refractivity contribution in [3.63, 3.8) is 0 Å². The van der Waals surface area contributed by atoms with Crippen molar-refractivity contribution in [3.05, 3.63) is 90.1 Å². The third-order valence-electron chi connectivity index (χ3n) is 6.27. The lowest BCUT2D eigenvalue weighted by atomic mass is 10.0. The maximum absolute atomic E-state index is 4.46. The summed E-state index contributed by atoms with van der Waals surface area (Å²) in [4.78, 5) is 11.5. The van der Waals surface area contributed by atoms with Gasteiger partial charge in [0, 0.05) is 50.5 Å². The van der Waals surface area contributed by atoms with Crippen LogP contribution in [0.25, 0.3) is 11.3 Å². The second kappa shape index (κ2) is 10.9. The fourth-order valence-electron chi connectivity index (χ4n) is 4.32. The Morgan fingerprint density at radius 1 is 1.03 bits per heavy atom. The summed E-state index contributed by atoms with van der Waals surface area (Å²) in [6.45, 7) is 5.22. The van der Waals surface area contributed by atoms with Crippen molar-refractivity contribution in [2.75, 3.05) is 20.1 Å². The summed E-state index contributed by atoms with van der Waals surface area (Å²) in [5, 5.41) is 7.10. The predicted molar refractivity (Wildman–Crippen MR) is 132 cm³/mol. The van der Waals surface area contributed by atoms with E-state index >= 15 is 0 Å². The molecule has 1 aromatic heterocycles. The van der Waals surface area contributed by atoms with Gasteiger partial charge in [0.05, 0.1) is 5.69 Å². The summed E-state index contributed by atoms with van der Waals surface area (Å²) in [5.74, 6) is 0.864. The molecular weight excluding hydrogens is 394 g/mol. The lowest BCUT2D eigenvalue weighted by molar-refractivity contribution is 0.158. The van der Waals surface area contributed by atoms with Crippen molar-refractivity contribution in [3.8, 4) is 11.3 Å². The Balaban J connectivity index is 1.27. The molecule has 1 atom stereocenters. The summed E-state index contributed by atoms with van der Waals surface area (Å²) < 4.78 is 0. The number of rotatable bonds is 6. The minimum atomic E-state index is 0.445. The van der Waals surface area contributed by atoms with Gasteiger partial charge in [0.2, 0.25) is 0 Å². The maximum Gasteiger partial charge on any atom is 0.191 e. The van der Waals surface area contributed by atoms with Gasteiger partial charge in [0.1, 0.15) is 0 Å². The number of benzene rings is 2. The Kier molecular flexibility index (Phi) is 7.51. The summed E-state index contributed by atoms with van der Waals surface area (Å²) in [6.07, 6.45) is 4.07. The van der Waals surface area contributed by atoms with Gasteiger partial charge >= 0.3 is 0 Å². The molecule has 0 saturated carbocycles. The van der Waals surface area contributed by atoms with Crippen LogP contribution in [0, 0.1) is 0 Å². The standard InChI is InChI=1S/C27H33N5/c1-21(23-10-4-3-5-11-23)32-17-14-25(15-18-32)31-27(28-2)30-20-22-9-8-12-24(19-22)26-13-6-7-16-29-26/h3-13,16,19,21,25H,14-15,17-18,20H2,1-2H3,(H2,28,30,31). The van der Waals surface area contributed by atoms with Crippen molar-refractivity contribution >= 4 is 5.96 Å². The number of piperidine rings is 1. The van der Waals surface area contributed by atoms with Crippen LogP contribution in [-0.4, -0.2) is 42.0 Å². The van der Waals surface area contributed by atoms with Gasteiger partial charge in [-0.2, -0.15) is 0 Å². The monoisotopic (exact) mass is 427 g/mol. The molecule has 5 nitrogen and oxygen atoms in total. The fraction of sp³-hybridized carbons (Fsp3) is 0.333. The fourth-order valence-corrected chi connectivity index (χ4v) is 4.32. The predicted octanol–water partition coefficient (Wildman–Crippen LogP) is 4.64. The first-order valence-electron chi connectivity index (χ1n) is 11.5. The normalized spacial score (nSPS) is 16.5. The van der Waals surface area contributed by atoms with E-state index in [0.29, 0.717) is 12.1 Å². The van der Waals surface area contributed by atoms with Crippen molar-refractivity contribution < 1.29 is 0 Å². The molecule has 1 aliphatic rings. The minimum absolute atomic E-state index is 0.445. The van der Waals surface area contributed by atoms with Crippen LogP contribution in [0.3, 0.4) is 0 Å². The molecule has 166 valence electrons. The Bertz CT molecular complexity index is 995. The molecule has 32 heavy (non-hydrogen) atoms. The molecule has 1 fully saturated rings. The lowest BCUT2D eigenvalue weighted by Gasteiger charge is -2.37. The van der Waals surface area contributed by atoms with Gasteiger partial charge in [0.25, 0.3) is 0 Å². The van der Waals surface area contributed by atoms with Crippen molar-refractivity contribution in [2.24, 2.45) is 4.99 Å². The average Bonchev–Trinajstić information content (AvgIpc) is 2.87. The lowest BCUT2D eigenvalue weighted by Crippen LogP contribution is -2.48. The molecule has 0 aliphatic carbocycles. The van der Waals surface area contributed by atoms with Gasteiger partial charge in [-0.3, -0.25) is 14.9 Å². The van der Waals surface area contributed by atoms with Crippen molar-refractivity contribution in [1.29, 1.82) is 0 Å². The molecule has 0 spiro atoms. The summed E-state index contributed by atoms with van der Waals surface area (Å²) in [5.41, 5.74) is 4.73. The number of aromatic nitrogens is 1. The number of hydrogen-bond acceptors (Lipinski definition) is 3. The first kappa shape index (κ1) is 22.0. The molecule has 2 aromatic carbocycles. The number of hydrogen-bond donors (Lipinski definition) is 2. The quantitative estimate of drug-likeness (QED) is 0.445. The van der Waals surface area contributed by atoms with Crippen LogP contribution < -0.4 is 10.6 Å².